The number of carbonyl (C=O) groups excluding carboxylic acids is 2. The van der Waals surface area contributed by atoms with E-state index in [0.717, 1.165) is 28.1 Å². The number of aliphatic hydroxyl groups excluding tert-OH is 1. The summed E-state index contributed by atoms with van der Waals surface area (Å²) in [5, 5.41) is 11.0. The summed E-state index contributed by atoms with van der Waals surface area (Å²) >= 11 is 0. The Hall–Kier alpha value is -5.98. The molecule has 5 aromatic rings. The zero-order chi connectivity index (χ0) is 34.7. The highest BCUT2D eigenvalue weighted by Gasteiger charge is 2.26. The van der Waals surface area contributed by atoms with Crippen LogP contribution in [0.15, 0.2) is 103 Å². The molecule has 0 bridgehead atoms. The number of imidazole rings is 1. The maximum Gasteiger partial charge on any atom is 0.294 e. The largest absolute Gasteiger partial charge is 0.507 e. The third-order valence-electron chi connectivity index (χ3n) is 8.23. The normalized spacial score (nSPS) is 13.5. The topological polar surface area (TPSA) is 101 Å². The summed E-state index contributed by atoms with van der Waals surface area (Å²) in [6.45, 7) is 1.20. The molecule has 1 saturated heterocycles. The minimum atomic E-state index is -1.66. The molecule has 2 aromatic heterocycles. The van der Waals surface area contributed by atoms with Crippen LogP contribution in [0.4, 0.5) is 23.2 Å². The SMILES string of the molecule is O=C(/C=C(/O)c1cc(Cc2ccc(F)c(F)c2F)cn(Cc2cccc(F)c2)c1=O)C(=O)N1CCN(c2ccc(-n3ccnc3)cc2)CC1. The molecule has 0 spiro atoms. The van der Waals surface area contributed by atoms with E-state index in [1.54, 1.807) is 18.6 Å². The van der Waals surface area contributed by atoms with Crippen LogP contribution in [-0.4, -0.2) is 62.0 Å². The van der Waals surface area contributed by atoms with E-state index in [-0.39, 0.29) is 37.2 Å². The van der Waals surface area contributed by atoms with Crippen molar-refractivity contribution in [1.82, 2.24) is 19.0 Å². The van der Waals surface area contributed by atoms with Gasteiger partial charge in [0.1, 0.15) is 11.6 Å². The van der Waals surface area contributed by atoms with Crippen LogP contribution in [0.5, 0.6) is 0 Å². The third kappa shape index (κ3) is 7.30. The van der Waals surface area contributed by atoms with Gasteiger partial charge in [0.2, 0.25) is 5.78 Å². The molecule has 1 aliphatic heterocycles. The van der Waals surface area contributed by atoms with Crippen molar-refractivity contribution < 1.29 is 32.3 Å². The van der Waals surface area contributed by atoms with Crippen LogP contribution in [0.2, 0.25) is 0 Å². The number of piperazine rings is 1. The fourth-order valence-corrected chi connectivity index (χ4v) is 5.68. The highest BCUT2D eigenvalue weighted by molar-refractivity contribution is 6.41. The van der Waals surface area contributed by atoms with Gasteiger partial charge in [-0.1, -0.05) is 18.2 Å². The predicted molar refractivity (Wildman–Crippen MR) is 173 cm³/mol. The van der Waals surface area contributed by atoms with Gasteiger partial charge in [-0.15, -0.1) is 0 Å². The second kappa shape index (κ2) is 14.0. The zero-order valence-electron chi connectivity index (χ0n) is 25.9. The number of aromatic nitrogens is 3. The smallest absolute Gasteiger partial charge is 0.294 e. The van der Waals surface area contributed by atoms with E-state index in [1.165, 1.54) is 35.4 Å². The van der Waals surface area contributed by atoms with Crippen LogP contribution in [0.25, 0.3) is 11.4 Å². The van der Waals surface area contributed by atoms with E-state index in [1.807, 2.05) is 35.0 Å². The van der Waals surface area contributed by atoms with Crippen molar-refractivity contribution in [2.45, 2.75) is 13.0 Å². The highest BCUT2D eigenvalue weighted by atomic mass is 19.2. The van der Waals surface area contributed by atoms with E-state index in [0.29, 0.717) is 24.7 Å². The van der Waals surface area contributed by atoms with E-state index in [2.05, 4.69) is 9.88 Å². The van der Waals surface area contributed by atoms with Gasteiger partial charge in [-0.3, -0.25) is 14.4 Å². The maximum absolute atomic E-state index is 14.5. The Balaban J connectivity index is 1.20. The lowest BCUT2D eigenvalue weighted by atomic mass is 10.0. The van der Waals surface area contributed by atoms with E-state index in [9.17, 15) is 37.1 Å². The molecule has 1 fully saturated rings. The van der Waals surface area contributed by atoms with Gasteiger partial charge < -0.3 is 24.0 Å². The molecular weight excluding hydrogens is 642 g/mol. The molecule has 1 aliphatic rings. The van der Waals surface area contributed by atoms with Gasteiger partial charge >= 0.3 is 0 Å². The molecule has 49 heavy (non-hydrogen) atoms. The number of nitrogens with zero attached hydrogens (tertiary/aromatic N) is 5. The first-order valence-electron chi connectivity index (χ1n) is 15.2. The van der Waals surface area contributed by atoms with E-state index >= 15 is 0 Å². The molecule has 6 rings (SSSR count). The van der Waals surface area contributed by atoms with Crippen molar-refractivity contribution in [3.63, 3.8) is 0 Å². The summed E-state index contributed by atoms with van der Waals surface area (Å²) in [4.78, 5) is 47.0. The number of amides is 1. The van der Waals surface area contributed by atoms with Crippen molar-refractivity contribution in [1.29, 1.82) is 0 Å². The van der Waals surface area contributed by atoms with Crippen molar-refractivity contribution in [3.8, 4) is 5.69 Å². The van der Waals surface area contributed by atoms with Crippen LogP contribution in [-0.2, 0) is 22.6 Å². The number of aliphatic hydroxyl groups is 1. The van der Waals surface area contributed by atoms with Gasteiger partial charge in [-0.2, -0.15) is 0 Å². The van der Waals surface area contributed by atoms with Crippen molar-refractivity contribution in [2.75, 3.05) is 31.1 Å². The monoisotopic (exact) mass is 671 g/mol. The molecule has 13 heteroatoms. The number of hydrogen-bond donors (Lipinski definition) is 1. The van der Waals surface area contributed by atoms with Crippen LogP contribution < -0.4 is 10.5 Å². The summed E-state index contributed by atoms with van der Waals surface area (Å²) in [5.74, 6) is -7.77. The Morgan fingerprint density at radius 3 is 2.29 bits per heavy atom. The number of benzene rings is 3. The standard InChI is InChI=1S/C36H29F4N5O4/c37-26-3-1-2-23(17-26)20-45-21-24(16-25-4-9-30(38)34(40)33(25)39)18-29(35(45)48)31(46)19-32(47)36(49)43-14-12-42(13-15-43)27-5-7-28(8-6-27)44-11-10-41-22-44/h1-11,17-19,21-22,46H,12-16,20H2/b31-19+. The molecule has 3 heterocycles. The van der Waals surface area contributed by atoms with Crippen molar-refractivity contribution in [2.24, 2.45) is 0 Å². The predicted octanol–water partition coefficient (Wildman–Crippen LogP) is 5.05. The Kier molecular flexibility index (Phi) is 9.42. The number of ketones is 1. The fraction of sp³-hybridized carbons (Fsp3) is 0.167. The lowest BCUT2D eigenvalue weighted by Gasteiger charge is -2.35. The number of hydrogen-bond acceptors (Lipinski definition) is 6. The van der Waals surface area contributed by atoms with Gasteiger partial charge in [0.15, 0.2) is 17.5 Å². The number of halogens is 4. The van der Waals surface area contributed by atoms with Gasteiger partial charge in [0, 0.05) is 68.6 Å². The lowest BCUT2D eigenvalue weighted by molar-refractivity contribution is -0.142. The van der Waals surface area contributed by atoms with Crippen LogP contribution >= 0.6 is 0 Å². The number of carbonyl (C=O) groups is 2. The highest BCUT2D eigenvalue weighted by Crippen LogP contribution is 2.22. The molecule has 0 saturated carbocycles. The van der Waals surface area contributed by atoms with E-state index < -0.39 is 51.8 Å². The van der Waals surface area contributed by atoms with Gasteiger partial charge in [-0.25, -0.2) is 22.5 Å². The van der Waals surface area contributed by atoms with Crippen LogP contribution in [0.1, 0.15) is 22.3 Å². The molecular formula is C36H29F4N5O4. The number of pyridine rings is 1. The molecule has 250 valence electrons. The molecule has 1 amide bonds. The molecule has 1 N–H and O–H groups in total. The minimum Gasteiger partial charge on any atom is -0.507 e. The number of anilines is 1. The molecule has 0 radical (unpaired) electrons. The second-order valence-corrected chi connectivity index (χ2v) is 11.5. The Morgan fingerprint density at radius 2 is 1.59 bits per heavy atom. The van der Waals surface area contributed by atoms with Gasteiger partial charge in [-0.05, 0) is 65.2 Å². The van der Waals surface area contributed by atoms with Crippen LogP contribution in [0, 0.1) is 23.3 Å². The Bertz CT molecular complexity index is 2110. The molecule has 9 nitrogen and oxygen atoms in total. The molecule has 0 atom stereocenters. The molecule has 0 unspecified atom stereocenters. The summed E-state index contributed by atoms with van der Waals surface area (Å²) in [6.07, 6.45) is 6.84. The first-order valence-corrected chi connectivity index (χ1v) is 15.2. The summed E-state index contributed by atoms with van der Waals surface area (Å²) in [7, 11) is 0. The van der Waals surface area contributed by atoms with E-state index in [4.69, 9.17) is 0 Å². The lowest BCUT2D eigenvalue weighted by Crippen LogP contribution is -2.50. The quantitative estimate of drug-likeness (QED) is 0.0775. The van der Waals surface area contributed by atoms with Gasteiger partial charge in [0.05, 0.1) is 18.4 Å². The second-order valence-electron chi connectivity index (χ2n) is 11.5. The van der Waals surface area contributed by atoms with Crippen molar-refractivity contribution in [3.05, 3.63) is 154 Å². The zero-order valence-corrected chi connectivity index (χ0v) is 25.9. The maximum atomic E-state index is 14.5. The number of rotatable bonds is 9. The first kappa shape index (κ1) is 32.9. The summed E-state index contributed by atoms with van der Waals surface area (Å²) < 4.78 is 58.9. The van der Waals surface area contributed by atoms with Gasteiger partial charge in [0.25, 0.3) is 11.5 Å². The Labute approximate surface area is 277 Å². The fourth-order valence-electron chi connectivity index (χ4n) is 5.68. The third-order valence-corrected chi connectivity index (χ3v) is 8.23. The average Bonchev–Trinajstić information content (AvgIpc) is 3.65. The van der Waals surface area contributed by atoms with Crippen LogP contribution in [0.3, 0.4) is 0 Å². The average molecular weight is 672 g/mol. The van der Waals surface area contributed by atoms with Crippen molar-refractivity contribution >= 4 is 23.1 Å². The molecule has 3 aromatic carbocycles. The summed E-state index contributed by atoms with van der Waals surface area (Å²) in [6, 6.07) is 16.2. The summed E-state index contributed by atoms with van der Waals surface area (Å²) in [5.41, 5.74) is 1.02. The first-order chi connectivity index (χ1) is 23.6. The Morgan fingerprint density at radius 1 is 0.857 bits per heavy atom. The molecule has 0 aliphatic carbocycles. The minimum absolute atomic E-state index is 0.172.